The Hall–Kier alpha value is -1.91. The molecule has 2 N–H and O–H groups in total. The maximum absolute atomic E-state index is 12.6. The second-order valence-corrected chi connectivity index (χ2v) is 5.52. The Morgan fingerprint density at radius 3 is 3.00 bits per heavy atom. The van der Waals surface area contributed by atoms with Crippen molar-refractivity contribution in [2.45, 2.75) is 19.4 Å². The minimum absolute atomic E-state index is 0.0624. The van der Waals surface area contributed by atoms with Gasteiger partial charge >= 0.3 is 0 Å². The molecule has 0 radical (unpaired) electrons. The van der Waals surface area contributed by atoms with Crippen molar-refractivity contribution in [3.05, 3.63) is 58.4 Å². The van der Waals surface area contributed by atoms with Gasteiger partial charge in [-0.05, 0) is 29.7 Å². The highest BCUT2D eigenvalue weighted by atomic mass is 35.5. The Bertz CT molecular complexity index is 667. The number of carbonyl (C=O) groups excluding carboxylic acids is 1. The third-order valence-electron chi connectivity index (χ3n) is 3.77. The molecular weight excluding hydrogens is 286 g/mol. The third-order valence-corrected chi connectivity index (χ3v) is 4.06. The molecule has 1 aliphatic heterocycles. The number of benzene rings is 1. The van der Waals surface area contributed by atoms with Gasteiger partial charge in [-0.15, -0.1) is 0 Å². The van der Waals surface area contributed by atoms with Gasteiger partial charge in [0.05, 0.1) is 11.6 Å². The Morgan fingerprint density at radius 1 is 1.38 bits per heavy atom. The molecule has 2 heterocycles. The Balaban J connectivity index is 1.87. The molecule has 0 spiro atoms. The van der Waals surface area contributed by atoms with E-state index in [1.807, 2.05) is 37.3 Å². The zero-order valence-corrected chi connectivity index (χ0v) is 12.4. The summed E-state index contributed by atoms with van der Waals surface area (Å²) in [6.45, 7) is 3.32. The second kappa shape index (κ2) is 5.84. The number of nitrogens with one attached hydrogen (secondary N) is 2. The van der Waals surface area contributed by atoms with Crippen LogP contribution in [-0.4, -0.2) is 17.4 Å². The first-order valence-electron chi connectivity index (χ1n) is 6.87. The minimum Gasteiger partial charge on any atom is -0.323 e. The van der Waals surface area contributed by atoms with E-state index in [-0.39, 0.29) is 11.8 Å². The first kappa shape index (κ1) is 14.0. The zero-order valence-electron chi connectivity index (χ0n) is 11.7. The first-order valence-corrected chi connectivity index (χ1v) is 7.25. The lowest BCUT2D eigenvalue weighted by molar-refractivity contribution is -0.117. The van der Waals surface area contributed by atoms with Gasteiger partial charge in [-0.1, -0.05) is 35.9 Å². The van der Waals surface area contributed by atoms with Crippen LogP contribution in [0.25, 0.3) is 0 Å². The molecule has 0 saturated carbocycles. The lowest BCUT2D eigenvalue weighted by Gasteiger charge is -2.25. The van der Waals surface area contributed by atoms with E-state index in [2.05, 4.69) is 15.6 Å². The van der Waals surface area contributed by atoms with E-state index < -0.39 is 0 Å². The molecule has 2 aromatic rings. The molecule has 0 bridgehead atoms. The number of nitrogens with zero attached hydrogens (tertiary/aromatic N) is 1. The van der Waals surface area contributed by atoms with Crippen molar-refractivity contribution in [2.75, 3.05) is 11.9 Å². The van der Waals surface area contributed by atoms with Crippen LogP contribution in [0, 0.1) is 6.92 Å². The summed E-state index contributed by atoms with van der Waals surface area (Å²) in [5.74, 6) is -0.279. The highest BCUT2D eigenvalue weighted by molar-refractivity contribution is 6.32. The predicted molar refractivity (Wildman–Crippen MR) is 83.5 cm³/mol. The summed E-state index contributed by atoms with van der Waals surface area (Å²) < 4.78 is 0. The number of pyridine rings is 1. The number of anilines is 1. The molecule has 3 rings (SSSR count). The molecule has 21 heavy (non-hydrogen) atoms. The molecule has 1 unspecified atom stereocenters. The van der Waals surface area contributed by atoms with Gasteiger partial charge < -0.3 is 10.6 Å². The third kappa shape index (κ3) is 2.77. The summed E-state index contributed by atoms with van der Waals surface area (Å²) in [7, 11) is 0. The van der Waals surface area contributed by atoms with Crippen LogP contribution in [0.15, 0.2) is 36.5 Å². The molecule has 0 fully saturated rings. The van der Waals surface area contributed by atoms with Crippen LogP contribution in [0.5, 0.6) is 0 Å². The summed E-state index contributed by atoms with van der Waals surface area (Å²) in [4.78, 5) is 16.6. The monoisotopic (exact) mass is 301 g/mol. The van der Waals surface area contributed by atoms with E-state index in [4.69, 9.17) is 11.6 Å². The highest BCUT2D eigenvalue weighted by Gasteiger charge is 2.26. The van der Waals surface area contributed by atoms with Gasteiger partial charge in [-0.3, -0.25) is 4.79 Å². The summed E-state index contributed by atoms with van der Waals surface area (Å²) in [5, 5.41) is 6.51. The van der Waals surface area contributed by atoms with Crippen LogP contribution >= 0.6 is 11.6 Å². The minimum atomic E-state index is -0.217. The van der Waals surface area contributed by atoms with E-state index in [0.717, 1.165) is 23.2 Å². The van der Waals surface area contributed by atoms with Gasteiger partial charge in [-0.25, -0.2) is 4.98 Å². The molecule has 1 aliphatic rings. The molecule has 1 aromatic heterocycles. The molecule has 4 nitrogen and oxygen atoms in total. The maximum atomic E-state index is 12.6. The summed E-state index contributed by atoms with van der Waals surface area (Å²) in [6, 6.07) is 9.84. The molecular formula is C16H16ClN3O. The average molecular weight is 302 g/mol. The van der Waals surface area contributed by atoms with Crippen molar-refractivity contribution in [1.29, 1.82) is 0 Å². The highest BCUT2D eigenvalue weighted by Crippen LogP contribution is 2.28. The number of rotatable bonds is 2. The lowest BCUT2D eigenvalue weighted by atomic mass is 9.90. The second-order valence-electron chi connectivity index (χ2n) is 5.17. The number of carbonyl (C=O) groups is 1. The van der Waals surface area contributed by atoms with Gasteiger partial charge in [0.25, 0.3) is 0 Å². The average Bonchev–Trinajstić information content (AvgIpc) is 2.50. The Kier molecular flexibility index (Phi) is 3.90. The van der Waals surface area contributed by atoms with Crippen molar-refractivity contribution in [3.63, 3.8) is 0 Å². The quantitative estimate of drug-likeness (QED) is 0.839. The fraction of sp³-hybridized carbons (Fsp3) is 0.250. The number of hydrogen-bond donors (Lipinski definition) is 2. The van der Waals surface area contributed by atoms with Crippen molar-refractivity contribution < 1.29 is 4.79 Å². The van der Waals surface area contributed by atoms with Gasteiger partial charge in [0.1, 0.15) is 0 Å². The van der Waals surface area contributed by atoms with Crippen LogP contribution in [0.4, 0.5) is 5.69 Å². The molecule has 108 valence electrons. The molecule has 5 heteroatoms. The van der Waals surface area contributed by atoms with Crippen molar-refractivity contribution in [1.82, 2.24) is 10.3 Å². The van der Waals surface area contributed by atoms with Crippen LogP contribution in [0.1, 0.15) is 22.6 Å². The molecule has 1 atom stereocenters. The predicted octanol–water partition coefficient (Wildman–Crippen LogP) is 2.87. The number of aryl methyl sites for hydroxylation is 1. The lowest BCUT2D eigenvalue weighted by Crippen LogP contribution is -2.35. The van der Waals surface area contributed by atoms with Crippen molar-refractivity contribution in [3.8, 4) is 0 Å². The number of aromatic nitrogens is 1. The Labute approximate surface area is 128 Å². The van der Waals surface area contributed by atoms with E-state index in [1.165, 1.54) is 0 Å². The van der Waals surface area contributed by atoms with Gasteiger partial charge in [0.2, 0.25) is 5.91 Å². The van der Waals surface area contributed by atoms with Gasteiger partial charge in [0, 0.05) is 19.3 Å². The number of fused-ring (bicyclic) bond motifs is 1. The zero-order chi connectivity index (χ0) is 14.8. The maximum Gasteiger partial charge on any atom is 0.233 e. The summed E-state index contributed by atoms with van der Waals surface area (Å²) in [6.07, 6.45) is 1.63. The van der Waals surface area contributed by atoms with Crippen LogP contribution < -0.4 is 10.6 Å². The summed E-state index contributed by atoms with van der Waals surface area (Å²) >= 11 is 6.07. The standard InChI is InChI=1S/C16H16ClN3O/c1-10-6-7-19-15(17)14(10)20-16(21)13-9-18-8-11-4-2-3-5-12(11)13/h2-7,13,18H,8-9H2,1H3,(H,20,21). The van der Waals surface area contributed by atoms with E-state index in [9.17, 15) is 4.79 Å². The smallest absolute Gasteiger partial charge is 0.233 e. The number of halogens is 1. The largest absolute Gasteiger partial charge is 0.323 e. The van der Waals surface area contributed by atoms with Crippen LogP contribution in [0.3, 0.4) is 0 Å². The molecule has 0 aliphatic carbocycles. The van der Waals surface area contributed by atoms with E-state index in [1.54, 1.807) is 6.20 Å². The molecule has 0 saturated heterocycles. The first-order chi connectivity index (χ1) is 10.2. The Morgan fingerprint density at radius 2 is 2.19 bits per heavy atom. The van der Waals surface area contributed by atoms with Gasteiger partial charge in [0.15, 0.2) is 5.15 Å². The van der Waals surface area contributed by atoms with Crippen molar-refractivity contribution in [2.24, 2.45) is 0 Å². The summed E-state index contributed by atoms with van der Waals surface area (Å²) in [5.41, 5.74) is 3.73. The normalized spacial score (nSPS) is 17.1. The molecule has 1 aromatic carbocycles. The fourth-order valence-corrected chi connectivity index (χ4v) is 2.87. The van der Waals surface area contributed by atoms with E-state index in [0.29, 0.717) is 17.4 Å². The topological polar surface area (TPSA) is 54.0 Å². The SMILES string of the molecule is Cc1ccnc(Cl)c1NC(=O)C1CNCc2ccccc21. The van der Waals surface area contributed by atoms with Crippen LogP contribution in [0.2, 0.25) is 5.15 Å². The van der Waals surface area contributed by atoms with E-state index >= 15 is 0 Å². The number of amides is 1. The fourth-order valence-electron chi connectivity index (χ4n) is 2.62. The number of hydrogen-bond acceptors (Lipinski definition) is 3. The molecule has 1 amide bonds. The van der Waals surface area contributed by atoms with Gasteiger partial charge in [-0.2, -0.15) is 0 Å². The van der Waals surface area contributed by atoms with Crippen molar-refractivity contribution >= 4 is 23.2 Å². The van der Waals surface area contributed by atoms with Crippen LogP contribution in [-0.2, 0) is 11.3 Å².